The molecule has 106 valence electrons. The zero-order valence-electron chi connectivity index (χ0n) is 12.2. The van der Waals surface area contributed by atoms with Crippen molar-refractivity contribution in [1.29, 1.82) is 0 Å². The van der Waals surface area contributed by atoms with Gasteiger partial charge in [0, 0.05) is 6.04 Å². The Kier molecular flexibility index (Phi) is 5.08. The maximum absolute atomic E-state index is 5.98. The number of nitrogens with one attached hydrogen (secondary N) is 1. The fourth-order valence-electron chi connectivity index (χ4n) is 2.21. The van der Waals surface area contributed by atoms with Crippen LogP contribution in [-0.2, 0) is 0 Å². The van der Waals surface area contributed by atoms with E-state index in [0.717, 1.165) is 42.6 Å². The van der Waals surface area contributed by atoms with Crippen molar-refractivity contribution in [1.82, 2.24) is 5.32 Å². The molecule has 0 saturated heterocycles. The number of hydrogen-bond acceptors (Lipinski definition) is 3. The molecule has 0 bridgehead atoms. The van der Waals surface area contributed by atoms with Crippen molar-refractivity contribution in [2.75, 3.05) is 20.3 Å². The van der Waals surface area contributed by atoms with Crippen molar-refractivity contribution in [3.8, 4) is 11.5 Å². The van der Waals surface area contributed by atoms with Gasteiger partial charge < -0.3 is 14.8 Å². The summed E-state index contributed by atoms with van der Waals surface area (Å²) in [7, 11) is 1.72. The highest BCUT2D eigenvalue weighted by Gasteiger charge is 2.23. The van der Waals surface area contributed by atoms with E-state index in [9.17, 15) is 0 Å². The number of methoxy groups -OCH3 is 1. The summed E-state index contributed by atoms with van der Waals surface area (Å²) in [5, 5.41) is 3.51. The van der Waals surface area contributed by atoms with Crippen LogP contribution in [0.5, 0.6) is 11.5 Å². The molecular weight excluding hydrogens is 238 g/mol. The molecule has 19 heavy (non-hydrogen) atoms. The molecule has 1 unspecified atom stereocenters. The van der Waals surface area contributed by atoms with E-state index in [1.54, 1.807) is 7.11 Å². The van der Waals surface area contributed by atoms with E-state index in [1.165, 1.54) is 12.8 Å². The summed E-state index contributed by atoms with van der Waals surface area (Å²) < 4.78 is 11.5. The van der Waals surface area contributed by atoms with Crippen LogP contribution in [0.15, 0.2) is 18.2 Å². The number of benzene rings is 1. The lowest BCUT2D eigenvalue weighted by Crippen LogP contribution is -2.20. The normalized spacial score (nSPS) is 16.2. The second-order valence-electron chi connectivity index (χ2n) is 5.30. The standard InChI is InChI=1S/C16H25NO2/c1-4-10-17-12(2)16-14(18-3)6-5-7-15(16)19-11-13-8-9-13/h5-7,12-13,17H,4,8-11H2,1-3H3. The second kappa shape index (κ2) is 6.80. The maximum atomic E-state index is 5.98. The molecule has 1 aromatic rings. The molecular formula is C16H25NO2. The van der Waals surface area contributed by atoms with Crippen molar-refractivity contribution in [2.45, 2.75) is 39.2 Å². The fourth-order valence-corrected chi connectivity index (χ4v) is 2.21. The van der Waals surface area contributed by atoms with Gasteiger partial charge in [-0.1, -0.05) is 13.0 Å². The second-order valence-corrected chi connectivity index (χ2v) is 5.30. The molecule has 1 saturated carbocycles. The summed E-state index contributed by atoms with van der Waals surface area (Å²) in [5.41, 5.74) is 1.14. The first-order valence-electron chi connectivity index (χ1n) is 7.29. The molecule has 1 N–H and O–H groups in total. The third kappa shape index (κ3) is 3.87. The molecule has 1 fully saturated rings. The van der Waals surface area contributed by atoms with Crippen LogP contribution >= 0.6 is 0 Å². The zero-order valence-corrected chi connectivity index (χ0v) is 12.2. The van der Waals surface area contributed by atoms with E-state index >= 15 is 0 Å². The molecule has 1 aliphatic rings. The Labute approximate surface area is 116 Å². The van der Waals surface area contributed by atoms with Crippen LogP contribution in [0, 0.1) is 5.92 Å². The summed E-state index contributed by atoms with van der Waals surface area (Å²) in [6.45, 7) is 6.17. The Bertz CT molecular complexity index is 402. The lowest BCUT2D eigenvalue weighted by atomic mass is 10.1. The van der Waals surface area contributed by atoms with Crippen LogP contribution in [0.2, 0.25) is 0 Å². The Morgan fingerprint density at radius 3 is 2.68 bits per heavy atom. The highest BCUT2D eigenvalue weighted by atomic mass is 16.5. The molecule has 0 radical (unpaired) electrons. The van der Waals surface area contributed by atoms with Crippen molar-refractivity contribution in [3.63, 3.8) is 0 Å². The maximum Gasteiger partial charge on any atom is 0.127 e. The molecule has 0 amide bonds. The van der Waals surface area contributed by atoms with Crippen molar-refractivity contribution >= 4 is 0 Å². The Morgan fingerprint density at radius 2 is 2.05 bits per heavy atom. The smallest absolute Gasteiger partial charge is 0.127 e. The van der Waals surface area contributed by atoms with Gasteiger partial charge in [-0.3, -0.25) is 0 Å². The van der Waals surface area contributed by atoms with E-state index in [-0.39, 0.29) is 6.04 Å². The van der Waals surface area contributed by atoms with Crippen LogP contribution in [0.4, 0.5) is 0 Å². The lowest BCUT2D eigenvalue weighted by molar-refractivity contribution is 0.290. The minimum absolute atomic E-state index is 0.241. The zero-order chi connectivity index (χ0) is 13.7. The van der Waals surface area contributed by atoms with Crippen LogP contribution in [-0.4, -0.2) is 20.3 Å². The van der Waals surface area contributed by atoms with E-state index in [0.29, 0.717) is 0 Å². The number of hydrogen-bond donors (Lipinski definition) is 1. The number of rotatable bonds is 8. The summed E-state index contributed by atoms with van der Waals surface area (Å²) in [6.07, 6.45) is 3.74. The van der Waals surface area contributed by atoms with Crippen molar-refractivity contribution < 1.29 is 9.47 Å². The summed E-state index contributed by atoms with van der Waals surface area (Å²) in [6, 6.07) is 6.29. The fraction of sp³-hybridized carbons (Fsp3) is 0.625. The highest BCUT2D eigenvalue weighted by Crippen LogP contribution is 2.36. The third-order valence-corrected chi connectivity index (χ3v) is 3.55. The van der Waals surface area contributed by atoms with Crippen LogP contribution in [0.25, 0.3) is 0 Å². The summed E-state index contributed by atoms with van der Waals surface area (Å²) >= 11 is 0. The van der Waals surface area contributed by atoms with Gasteiger partial charge in [0.2, 0.25) is 0 Å². The van der Waals surface area contributed by atoms with Gasteiger partial charge >= 0.3 is 0 Å². The predicted molar refractivity (Wildman–Crippen MR) is 77.9 cm³/mol. The molecule has 0 spiro atoms. The topological polar surface area (TPSA) is 30.5 Å². The van der Waals surface area contributed by atoms with Crippen LogP contribution in [0.3, 0.4) is 0 Å². The molecule has 1 aromatic carbocycles. The Morgan fingerprint density at radius 1 is 1.32 bits per heavy atom. The monoisotopic (exact) mass is 263 g/mol. The predicted octanol–water partition coefficient (Wildman–Crippen LogP) is 3.54. The molecule has 0 heterocycles. The van der Waals surface area contributed by atoms with Gasteiger partial charge in [0.05, 0.1) is 19.3 Å². The van der Waals surface area contributed by atoms with Crippen molar-refractivity contribution in [3.05, 3.63) is 23.8 Å². The van der Waals surface area contributed by atoms with E-state index in [2.05, 4.69) is 19.2 Å². The van der Waals surface area contributed by atoms with Gasteiger partial charge in [-0.15, -0.1) is 0 Å². The van der Waals surface area contributed by atoms with Gasteiger partial charge in [-0.2, -0.15) is 0 Å². The van der Waals surface area contributed by atoms with E-state index in [4.69, 9.17) is 9.47 Å². The third-order valence-electron chi connectivity index (χ3n) is 3.55. The van der Waals surface area contributed by atoms with E-state index in [1.807, 2.05) is 18.2 Å². The summed E-state index contributed by atoms with van der Waals surface area (Å²) in [5.74, 6) is 2.63. The average Bonchev–Trinajstić information content (AvgIpc) is 3.26. The minimum atomic E-state index is 0.241. The van der Waals surface area contributed by atoms with Crippen LogP contribution in [0.1, 0.15) is 44.7 Å². The molecule has 0 aliphatic heterocycles. The first kappa shape index (κ1) is 14.2. The Hall–Kier alpha value is -1.22. The van der Waals surface area contributed by atoms with Crippen LogP contribution < -0.4 is 14.8 Å². The molecule has 0 aromatic heterocycles. The largest absolute Gasteiger partial charge is 0.496 e. The highest BCUT2D eigenvalue weighted by molar-refractivity contribution is 5.46. The molecule has 3 heteroatoms. The summed E-state index contributed by atoms with van der Waals surface area (Å²) in [4.78, 5) is 0. The first-order valence-corrected chi connectivity index (χ1v) is 7.29. The van der Waals surface area contributed by atoms with E-state index < -0.39 is 0 Å². The van der Waals surface area contributed by atoms with Gasteiger partial charge in [0.25, 0.3) is 0 Å². The number of ether oxygens (including phenoxy) is 2. The molecule has 1 atom stereocenters. The van der Waals surface area contributed by atoms with Gasteiger partial charge in [0.15, 0.2) is 0 Å². The minimum Gasteiger partial charge on any atom is -0.496 e. The molecule has 1 aliphatic carbocycles. The molecule has 3 nitrogen and oxygen atoms in total. The molecule has 2 rings (SSSR count). The van der Waals surface area contributed by atoms with Crippen molar-refractivity contribution in [2.24, 2.45) is 5.92 Å². The first-order chi connectivity index (χ1) is 9.26. The SMILES string of the molecule is CCCNC(C)c1c(OC)cccc1OCC1CC1. The quantitative estimate of drug-likeness (QED) is 0.778. The Balaban J connectivity index is 2.14. The van der Waals surface area contributed by atoms with Gasteiger partial charge in [-0.25, -0.2) is 0 Å². The van der Waals surface area contributed by atoms with Gasteiger partial charge in [-0.05, 0) is 50.8 Å². The van der Waals surface area contributed by atoms with Gasteiger partial charge in [0.1, 0.15) is 11.5 Å². The lowest BCUT2D eigenvalue weighted by Gasteiger charge is -2.20. The average molecular weight is 263 g/mol.